The maximum absolute atomic E-state index is 6.27. The molecule has 0 aliphatic heterocycles. The molecule has 0 saturated carbocycles. The van der Waals surface area contributed by atoms with Crippen molar-refractivity contribution < 1.29 is 4.74 Å². The van der Waals surface area contributed by atoms with Gasteiger partial charge in [0.15, 0.2) is 5.82 Å². The number of rotatable bonds is 3. The van der Waals surface area contributed by atoms with Gasteiger partial charge >= 0.3 is 0 Å². The van der Waals surface area contributed by atoms with Crippen molar-refractivity contribution in [1.82, 2.24) is 19.7 Å². The average molecular weight is 331 g/mol. The molecule has 0 spiro atoms. The normalized spacial score (nSPS) is 11.0. The number of nitrogen functional groups attached to an aromatic ring is 1. The van der Waals surface area contributed by atoms with E-state index in [0.717, 1.165) is 22.2 Å². The first-order chi connectivity index (χ1) is 12.1. The van der Waals surface area contributed by atoms with E-state index >= 15 is 0 Å². The second-order valence-corrected chi connectivity index (χ2v) is 5.83. The second kappa shape index (κ2) is 5.90. The summed E-state index contributed by atoms with van der Waals surface area (Å²) in [4.78, 5) is 8.48. The summed E-state index contributed by atoms with van der Waals surface area (Å²) in [6, 6.07) is 15.8. The summed E-state index contributed by atoms with van der Waals surface area (Å²) < 4.78 is 7.71. The lowest BCUT2D eigenvalue weighted by Gasteiger charge is -2.12. The third-order valence-electron chi connectivity index (χ3n) is 3.99. The van der Waals surface area contributed by atoms with Crippen LogP contribution in [0.4, 0.5) is 5.69 Å². The number of aromatic nitrogens is 4. The number of nitrogens with zero attached hydrogens (tertiary/aromatic N) is 4. The van der Waals surface area contributed by atoms with Gasteiger partial charge in [0, 0.05) is 11.1 Å². The van der Waals surface area contributed by atoms with E-state index in [-0.39, 0.29) is 0 Å². The first-order valence-corrected chi connectivity index (χ1v) is 7.93. The number of fused-ring (bicyclic) bond motifs is 1. The van der Waals surface area contributed by atoms with Crippen molar-refractivity contribution in [1.29, 1.82) is 0 Å². The van der Waals surface area contributed by atoms with E-state index in [2.05, 4.69) is 15.1 Å². The molecule has 2 N–H and O–H groups in total. The van der Waals surface area contributed by atoms with Crippen LogP contribution in [0.1, 0.15) is 11.4 Å². The van der Waals surface area contributed by atoms with Crippen LogP contribution in [-0.4, -0.2) is 19.7 Å². The van der Waals surface area contributed by atoms with Gasteiger partial charge in [-0.15, -0.1) is 0 Å². The fourth-order valence-corrected chi connectivity index (χ4v) is 2.85. The zero-order valence-corrected chi connectivity index (χ0v) is 14.0. The summed E-state index contributed by atoms with van der Waals surface area (Å²) in [5, 5.41) is 6.52. The second-order valence-electron chi connectivity index (χ2n) is 5.83. The third kappa shape index (κ3) is 2.67. The Balaban J connectivity index is 1.79. The number of aryl methyl sites for hydroxylation is 2. The molecule has 0 unspecified atom stereocenters. The van der Waals surface area contributed by atoms with Gasteiger partial charge in [-0.2, -0.15) is 10.1 Å². The van der Waals surface area contributed by atoms with Crippen LogP contribution >= 0.6 is 0 Å². The fourth-order valence-electron chi connectivity index (χ4n) is 2.85. The molecule has 6 nitrogen and oxygen atoms in total. The predicted octanol–water partition coefficient (Wildman–Crippen LogP) is 3.81. The molecule has 0 radical (unpaired) electrons. The van der Waals surface area contributed by atoms with Crippen molar-refractivity contribution in [2.45, 2.75) is 13.8 Å². The van der Waals surface area contributed by atoms with Crippen LogP contribution in [0.25, 0.3) is 16.6 Å². The summed E-state index contributed by atoms with van der Waals surface area (Å²) in [7, 11) is 0. The summed E-state index contributed by atoms with van der Waals surface area (Å²) in [6.07, 6.45) is 1.43. The Morgan fingerprint density at radius 2 is 1.80 bits per heavy atom. The molecule has 0 aliphatic carbocycles. The lowest BCUT2D eigenvalue weighted by molar-refractivity contribution is 0.468. The highest BCUT2D eigenvalue weighted by Crippen LogP contribution is 2.33. The van der Waals surface area contributed by atoms with Crippen LogP contribution < -0.4 is 10.5 Å². The van der Waals surface area contributed by atoms with Gasteiger partial charge in [0.25, 0.3) is 0 Å². The highest BCUT2D eigenvalue weighted by molar-refractivity contribution is 5.88. The lowest BCUT2D eigenvalue weighted by atomic mass is 10.1. The minimum Gasteiger partial charge on any atom is -0.436 e. The molecule has 2 heterocycles. The summed E-state index contributed by atoms with van der Waals surface area (Å²) in [5.41, 5.74) is 8.46. The monoisotopic (exact) mass is 331 g/mol. The number of hydrogen-bond acceptors (Lipinski definition) is 5. The molecule has 0 aliphatic rings. The topological polar surface area (TPSA) is 78.8 Å². The van der Waals surface area contributed by atoms with E-state index in [0.29, 0.717) is 23.1 Å². The van der Waals surface area contributed by atoms with Crippen molar-refractivity contribution in [3.05, 3.63) is 66.2 Å². The quantitative estimate of drug-likeness (QED) is 0.617. The van der Waals surface area contributed by atoms with E-state index < -0.39 is 0 Å². The standard InChI is InChI=1S/C19H17N5O/c1-12-10-13(2)24(23-12)18-17(20)19(22-11-21-18)25-16-9-5-7-14-6-3-4-8-15(14)16/h3-11H,20H2,1-2H3. The van der Waals surface area contributed by atoms with Crippen LogP contribution in [0.5, 0.6) is 11.6 Å². The van der Waals surface area contributed by atoms with Crippen molar-refractivity contribution in [2.75, 3.05) is 5.73 Å². The van der Waals surface area contributed by atoms with Crippen LogP contribution in [-0.2, 0) is 0 Å². The Morgan fingerprint density at radius 3 is 2.60 bits per heavy atom. The van der Waals surface area contributed by atoms with Crippen molar-refractivity contribution in [2.24, 2.45) is 0 Å². The highest BCUT2D eigenvalue weighted by Gasteiger charge is 2.15. The van der Waals surface area contributed by atoms with Gasteiger partial charge in [0.05, 0.1) is 5.69 Å². The van der Waals surface area contributed by atoms with Crippen molar-refractivity contribution >= 4 is 16.5 Å². The van der Waals surface area contributed by atoms with Crippen LogP contribution in [0.2, 0.25) is 0 Å². The molecule has 0 atom stereocenters. The number of benzene rings is 2. The molecule has 0 amide bonds. The zero-order chi connectivity index (χ0) is 17.4. The molecule has 0 fully saturated rings. The Morgan fingerprint density at radius 1 is 1.00 bits per heavy atom. The molecular formula is C19H17N5O. The molecule has 4 rings (SSSR count). The van der Waals surface area contributed by atoms with E-state index in [9.17, 15) is 0 Å². The molecule has 0 saturated heterocycles. The Kier molecular flexibility index (Phi) is 3.57. The van der Waals surface area contributed by atoms with Gasteiger partial charge in [-0.3, -0.25) is 0 Å². The SMILES string of the molecule is Cc1cc(C)n(-c2ncnc(Oc3cccc4ccccc34)c2N)n1. The molecule has 2 aromatic carbocycles. The van der Waals surface area contributed by atoms with Gasteiger partial charge < -0.3 is 10.5 Å². The maximum atomic E-state index is 6.27. The highest BCUT2D eigenvalue weighted by atomic mass is 16.5. The van der Waals surface area contributed by atoms with Gasteiger partial charge in [-0.25, -0.2) is 9.67 Å². The molecule has 124 valence electrons. The molecule has 4 aromatic rings. The van der Waals surface area contributed by atoms with Gasteiger partial charge in [0.2, 0.25) is 5.88 Å². The smallest absolute Gasteiger partial charge is 0.248 e. The van der Waals surface area contributed by atoms with E-state index in [4.69, 9.17) is 10.5 Å². The Labute approximate surface area is 144 Å². The summed E-state index contributed by atoms with van der Waals surface area (Å²) in [5.74, 6) is 1.52. The lowest BCUT2D eigenvalue weighted by Crippen LogP contribution is -2.08. The Hall–Kier alpha value is -3.41. The van der Waals surface area contributed by atoms with Crippen molar-refractivity contribution in [3.8, 4) is 17.4 Å². The fraction of sp³-hybridized carbons (Fsp3) is 0.105. The maximum Gasteiger partial charge on any atom is 0.248 e. The third-order valence-corrected chi connectivity index (χ3v) is 3.99. The van der Waals surface area contributed by atoms with Gasteiger partial charge in [-0.05, 0) is 31.4 Å². The van der Waals surface area contributed by atoms with Crippen LogP contribution in [0.15, 0.2) is 54.9 Å². The first kappa shape index (κ1) is 15.1. The van der Waals surface area contributed by atoms with Crippen LogP contribution in [0, 0.1) is 13.8 Å². The summed E-state index contributed by atoms with van der Waals surface area (Å²) in [6.45, 7) is 3.88. The number of hydrogen-bond donors (Lipinski definition) is 1. The average Bonchev–Trinajstić information content (AvgIpc) is 2.95. The minimum atomic E-state index is 0.314. The van der Waals surface area contributed by atoms with E-state index in [1.807, 2.05) is 62.4 Å². The van der Waals surface area contributed by atoms with Crippen molar-refractivity contribution in [3.63, 3.8) is 0 Å². The molecule has 0 bridgehead atoms. The number of anilines is 1. The zero-order valence-electron chi connectivity index (χ0n) is 14.0. The summed E-state index contributed by atoms with van der Waals surface area (Å²) >= 11 is 0. The number of nitrogens with two attached hydrogens (primary N) is 1. The minimum absolute atomic E-state index is 0.314. The van der Waals surface area contributed by atoms with Gasteiger partial charge in [0.1, 0.15) is 17.8 Å². The molecule has 25 heavy (non-hydrogen) atoms. The van der Waals surface area contributed by atoms with E-state index in [1.54, 1.807) is 4.68 Å². The predicted molar refractivity (Wildman–Crippen MR) is 97.1 cm³/mol. The van der Waals surface area contributed by atoms with Crippen LogP contribution in [0.3, 0.4) is 0 Å². The Bertz CT molecular complexity index is 1070. The molecule has 2 aromatic heterocycles. The number of ether oxygens (including phenoxy) is 1. The first-order valence-electron chi connectivity index (χ1n) is 7.93. The largest absolute Gasteiger partial charge is 0.436 e. The molecular weight excluding hydrogens is 314 g/mol. The van der Waals surface area contributed by atoms with Gasteiger partial charge in [-0.1, -0.05) is 36.4 Å². The van der Waals surface area contributed by atoms with E-state index in [1.165, 1.54) is 6.33 Å². The molecule has 6 heteroatoms.